The molecule has 2 aromatic rings. The molecule has 4 heteroatoms. The van der Waals surface area contributed by atoms with Gasteiger partial charge in [-0.1, -0.05) is 22.9 Å². The summed E-state index contributed by atoms with van der Waals surface area (Å²) >= 11 is 3.43. The molecule has 0 saturated heterocycles. The van der Waals surface area contributed by atoms with Crippen molar-refractivity contribution in [2.75, 3.05) is 0 Å². The molecule has 0 bridgehead atoms. The molecule has 86 valence electrons. The predicted molar refractivity (Wildman–Crippen MR) is 68.4 cm³/mol. The lowest BCUT2D eigenvalue weighted by Gasteiger charge is -2.09. The summed E-state index contributed by atoms with van der Waals surface area (Å²) in [7, 11) is 0. The average Bonchev–Trinajstić information content (AvgIpc) is 2.57. The van der Waals surface area contributed by atoms with Crippen LogP contribution in [0.3, 0.4) is 0 Å². The van der Waals surface area contributed by atoms with Crippen molar-refractivity contribution in [3.05, 3.63) is 28.5 Å². The third kappa shape index (κ3) is 1.99. The van der Waals surface area contributed by atoms with Crippen molar-refractivity contribution >= 4 is 27.0 Å². The molecule has 0 aliphatic heterocycles. The second kappa shape index (κ2) is 4.55. The topological polar surface area (TPSA) is 38.0 Å². The van der Waals surface area contributed by atoms with Gasteiger partial charge in [-0.25, -0.2) is 4.98 Å². The first-order valence-corrected chi connectivity index (χ1v) is 6.26. The van der Waals surface area contributed by atoms with E-state index in [4.69, 9.17) is 0 Å². The molecule has 2 rings (SSSR count). The van der Waals surface area contributed by atoms with Gasteiger partial charge in [-0.3, -0.25) is 0 Å². The summed E-state index contributed by atoms with van der Waals surface area (Å²) in [5.41, 5.74) is 2.01. The Labute approximate surface area is 103 Å². The molecule has 1 unspecified atom stereocenters. The van der Waals surface area contributed by atoms with Gasteiger partial charge in [0.25, 0.3) is 0 Å². The van der Waals surface area contributed by atoms with Crippen molar-refractivity contribution in [1.29, 1.82) is 0 Å². The molecule has 1 aromatic carbocycles. The monoisotopic (exact) mass is 282 g/mol. The van der Waals surface area contributed by atoms with Gasteiger partial charge in [-0.15, -0.1) is 0 Å². The molecular weight excluding hydrogens is 268 g/mol. The third-order valence-corrected chi connectivity index (χ3v) is 3.05. The molecule has 0 aliphatic rings. The van der Waals surface area contributed by atoms with Gasteiger partial charge in [0.1, 0.15) is 11.9 Å². The first-order chi connectivity index (χ1) is 7.63. The largest absolute Gasteiger partial charge is 0.385 e. The molecule has 0 fully saturated rings. The van der Waals surface area contributed by atoms with Crippen LogP contribution in [-0.2, 0) is 6.54 Å². The van der Waals surface area contributed by atoms with Crippen LogP contribution in [-0.4, -0.2) is 14.7 Å². The Morgan fingerprint density at radius 3 is 2.88 bits per heavy atom. The number of hydrogen-bond donors (Lipinski definition) is 1. The molecule has 0 radical (unpaired) electrons. The number of aliphatic hydroxyl groups is 1. The van der Waals surface area contributed by atoms with E-state index in [1.165, 1.54) is 0 Å². The molecule has 1 heterocycles. The summed E-state index contributed by atoms with van der Waals surface area (Å²) in [4.78, 5) is 4.47. The van der Waals surface area contributed by atoms with E-state index >= 15 is 0 Å². The fourth-order valence-electron chi connectivity index (χ4n) is 1.90. The standard InChI is InChI=1S/C12H15BrN2O/c1-3-6-15-11-5-4-9(13)7-10(11)14-12(15)8(2)16/h4-5,7-8,16H,3,6H2,1-2H3. The number of fused-ring (bicyclic) bond motifs is 1. The first-order valence-electron chi connectivity index (χ1n) is 5.47. The van der Waals surface area contributed by atoms with Crippen LogP contribution in [0.15, 0.2) is 22.7 Å². The van der Waals surface area contributed by atoms with E-state index < -0.39 is 6.10 Å². The second-order valence-electron chi connectivity index (χ2n) is 3.93. The molecule has 0 saturated carbocycles. The smallest absolute Gasteiger partial charge is 0.138 e. The van der Waals surface area contributed by atoms with Crippen molar-refractivity contribution in [3.63, 3.8) is 0 Å². The molecule has 16 heavy (non-hydrogen) atoms. The summed E-state index contributed by atoms with van der Waals surface area (Å²) in [6.07, 6.45) is 0.499. The number of aliphatic hydroxyl groups excluding tert-OH is 1. The number of aromatic nitrogens is 2. The summed E-state index contributed by atoms with van der Waals surface area (Å²) in [5.74, 6) is 0.745. The molecule has 1 atom stereocenters. The Morgan fingerprint density at radius 2 is 2.25 bits per heavy atom. The number of benzene rings is 1. The van der Waals surface area contributed by atoms with Crippen LogP contribution in [0.2, 0.25) is 0 Å². The van der Waals surface area contributed by atoms with Crippen molar-refractivity contribution in [1.82, 2.24) is 9.55 Å². The Kier molecular flexibility index (Phi) is 3.30. The van der Waals surface area contributed by atoms with Crippen LogP contribution in [0.1, 0.15) is 32.2 Å². The summed E-state index contributed by atoms with van der Waals surface area (Å²) in [6, 6.07) is 6.02. The van der Waals surface area contributed by atoms with E-state index in [1.807, 2.05) is 18.2 Å². The van der Waals surface area contributed by atoms with Crippen LogP contribution >= 0.6 is 15.9 Å². The quantitative estimate of drug-likeness (QED) is 0.938. The number of rotatable bonds is 3. The van der Waals surface area contributed by atoms with Crippen LogP contribution in [0.25, 0.3) is 11.0 Å². The van der Waals surface area contributed by atoms with Crippen molar-refractivity contribution in [2.45, 2.75) is 32.9 Å². The van der Waals surface area contributed by atoms with E-state index in [0.717, 1.165) is 34.3 Å². The number of nitrogens with zero attached hydrogens (tertiary/aromatic N) is 2. The highest BCUT2D eigenvalue weighted by Crippen LogP contribution is 2.24. The van der Waals surface area contributed by atoms with E-state index in [2.05, 4.69) is 32.4 Å². The van der Waals surface area contributed by atoms with Gasteiger partial charge in [0, 0.05) is 11.0 Å². The fourth-order valence-corrected chi connectivity index (χ4v) is 2.25. The number of aryl methyl sites for hydroxylation is 1. The Balaban J connectivity index is 2.65. The Morgan fingerprint density at radius 1 is 1.50 bits per heavy atom. The maximum atomic E-state index is 9.71. The van der Waals surface area contributed by atoms with Gasteiger partial charge in [0.05, 0.1) is 11.0 Å². The van der Waals surface area contributed by atoms with Gasteiger partial charge < -0.3 is 9.67 Å². The lowest BCUT2D eigenvalue weighted by atomic mass is 10.3. The minimum Gasteiger partial charge on any atom is -0.385 e. The molecule has 1 aromatic heterocycles. The number of hydrogen-bond acceptors (Lipinski definition) is 2. The zero-order valence-corrected chi connectivity index (χ0v) is 11.0. The first kappa shape index (κ1) is 11.6. The van der Waals surface area contributed by atoms with Crippen LogP contribution < -0.4 is 0 Å². The maximum Gasteiger partial charge on any atom is 0.138 e. The summed E-state index contributed by atoms with van der Waals surface area (Å²) in [5, 5.41) is 9.71. The molecule has 0 spiro atoms. The van der Waals surface area contributed by atoms with Crippen molar-refractivity contribution < 1.29 is 5.11 Å². The van der Waals surface area contributed by atoms with Gasteiger partial charge >= 0.3 is 0 Å². The van der Waals surface area contributed by atoms with E-state index in [1.54, 1.807) is 6.92 Å². The minimum absolute atomic E-state index is 0.530. The Hall–Kier alpha value is -0.870. The molecule has 0 amide bonds. The zero-order valence-electron chi connectivity index (χ0n) is 9.44. The minimum atomic E-state index is -0.530. The average molecular weight is 283 g/mol. The van der Waals surface area contributed by atoms with Crippen LogP contribution in [0.4, 0.5) is 0 Å². The zero-order chi connectivity index (χ0) is 11.7. The number of halogens is 1. The third-order valence-electron chi connectivity index (χ3n) is 2.56. The highest BCUT2D eigenvalue weighted by molar-refractivity contribution is 9.10. The highest BCUT2D eigenvalue weighted by Gasteiger charge is 2.13. The molecule has 3 nitrogen and oxygen atoms in total. The van der Waals surface area contributed by atoms with E-state index in [-0.39, 0.29) is 0 Å². The fraction of sp³-hybridized carbons (Fsp3) is 0.417. The number of imidazole rings is 1. The normalized spacial score (nSPS) is 13.2. The second-order valence-corrected chi connectivity index (χ2v) is 4.85. The van der Waals surface area contributed by atoms with Gasteiger partial charge in [0.2, 0.25) is 0 Å². The van der Waals surface area contributed by atoms with E-state index in [9.17, 15) is 5.11 Å². The highest BCUT2D eigenvalue weighted by atomic mass is 79.9. The lowest BCUT2D eigenvalue weighted by molar-refractivity contribution is 0.184. The molecular formula is C12H15BrN2O. The predicted octanol–water partition coefficient (Wildman–Crippen LogP) is 3.26. The SMILES string of the molecule is CCCn1c(C(C)O)nc2cc(Br)ccc21. The van der Waals surface area contributed by atoms with Crippen molar-refractivity contribution in [3.8, 4) is 0 Å². The van der Waals surface area contributed by atoms with Gasteiger partial charge in [-0.05, 0) is 31.5 Å². The van der Waals surface area contributed by atoms with E-state index in [0.29, 0.717) is 0 Å². The Bertz CT molecular complexity index is 505. The van der Waals surface area contributed by atoms with Gasteiger partial charge in [-0.2, -0.15) is 0 Å². The lowest BCUT2D eigenvalue weighted by Crippen LogP contribution is -2.06. The molecule has 0 aliphatic carbocycles. The van der Waals surface area contributed by atoms with Crippen LogP contribution in [0.5, 0.6) is 0 Å². The molecule has 1 N–H and O–H groups in total. The van der Waals surface area contributed by atoms with Crippen molar-refractivity contribution in [2.24, 2.45) is 0 Å². The summed E-state index contributed by atoms with van der Waals surface area (Å²) < 4.78 is 3.10. The van der Waals surface area contributed by atoms with Crippen LogP contribution in [0, 0.1) is 0 Å². The van der Waals surface area contributed by atoms with Gasteiger partial charge in [0.15, 0.2) is 0 Å². The summed E-state index contributed by atoms with van der Waals surface area (Å²) in [6.45, 7) is 4.76. The maximum absolute atomic E-state index is 9.71.